The molecule has 1 rings (SSSR count). The average Bonchev–Trinajstić information content (AvgIpc) is 1.65. The van der Waals surface area contributed by atoms with Crippen molar-refractivity contribution in [2.24, 2.45) is 11.8 Å². The lowest BCUT2D eigenvalue weighted by Gasteiger charge is -2.30. The third-order valence-electron chi connectivity index (χ3n) is 2.04. The maximum Gasteiger partial charge on any atom is 0.123 e. The number of hydrogen-bond acceptors (Lipinski definition) is 1. The van der Waals surface area contributed by atoms with Gasteiger partial charge in [0.1, 0.15) is 6.29 Å². The molecule has 0 saturated heterocycles. The van der Waals surface area contributed by atoms with Gasteiger partial charge in [0.15, 0.2) is 0 Å². The molecule has 0 aromatic heterocycles. The lowest BCUT2D eigenvalue weighted by Crippen LogP contribution is -2.23. The minimum Gasteiger partial charge on any atom is -0.303 e. The first-order valence-corrected chi connectivity index (χ1v) is 3.32. The van der Waals surface area contributed by atoms with Crippen LogP contribution >= 0.6 is 0 Å². The van der Waals surface area contributed by atoms with Gasteiger partial charge in [0.2, 0.25) is 0 Å². The predicted octanol–water partition coefficient (Wildman–Crippen LogP) is 1.62. The van der Waals surface area contributed by atoms with Crippen LogP contribution in [0.3, 0.4) is 0 Å². The van der Waals surface area contributed by atoms with Crippen molar-refractivity contribution in [2.45, 2.75) is 26.2 Å². The first kappa shape index (κ1) is 5.80. The molecule has 0 spiro atoms. The van der Waals surface area contributed by atoms with Gasteiger partial charge in [-0.2, -0.15) is 0 Å². The fourth-order valence-electron chi connectivity index (χ4n) is 1.23. The van der Waals surface area contributed by atoms with Crippen LogP contribution < -0.4 is 0 Å². The summed E-state index contributed by atoms with van der Waals surface area (Å²) in [6, 6.07) is 0. The molecule has 1 fully saturated rings. The fraction of sp³-hybridized carbons (Fsp3) is 0.857. The molecule has 0 aliphatic heterocycles. The number of rotatable bonds is 2. The van der Waals surface area contributed by atoms with Gasteiger partial charge in [-0.05, 0) is 18.8 Å². The van der Waals surface area contributed by atoms with Crippen molar-refractivity contribution in [2.75, 3.05) is 0 Å². The van der Waals surface area contributed by atoms with Gasteiger partial charge >= 0.3 is 0 Å². The molecule has 46 valence electrons. The predicted molar refractivity (Wildman–Crippen MR) is 32.6 cm³/mol. The molecule has 0 amide bonds. The molecule has 0 aromatic rings. The zero-order valence-electron chi connectivity index (χ0n) is 5.26. The zero-order valence-corrected chi connectivity index (χ0v) is 5.26. The van der Waals surface area contributed by atoms with Crippen molar-refractivity contribution in [3.05, 3.63) is 0 Å². The summed E-state index contributed by atoms with van der Waals surface area (Å²) in [4.78, 5) is 10.0. The Morgan fingerprint density at radius 2 is 2.25 bits per heavy atom. The van der Waals surface area contributed by atoms with Crippen LogP contribution in [0.1, 0.15) is 26.2 Å². The van der Waals surface area contributed by atoms with E-state index in [0.717, 1.165) is 25.0 Å². The van der Waals surface area contributed by atoms with E-state index in [1.807, 2.05) is 0 Å². The first-order valence-electron chi connectivity index (χ1n) is 3.32. The quantitative estimate of drug-likeness (QED) is 0.496. The minimum absolute atomic E-state index is 0.417. The highest BCUT2D eigenvalue weighted by Gasteiger charge is 2.26. The van der Waals surface area contributed by atoms with E-state index in [0.29, 0.717) is 5.92 Å². The van der Waals surface area contributed by atoms with E-state index in [2.05, 4.69) is 6.92 Å². The van der Waals surface area contributed by atoms with Crippen molar-refractivity contribution in [1.82, 2.24) is 0 Å². The third-order valence-corrected chi connectivity index (χ3v) is 2.04. The van der Waals surface area contributed by atoms with Crippen molar-refractivity contribution in [1.29, 1.82) is 0 Å². The summed E-state index contributed by atoms with van der Waals surface area (Å²) in [5, 5.41) is 0. The van der Waals surface area contributed by atoms with E-state index in [-0.39, 0.29) is 0 Å². The topological polar surface area (TPSA) is 17.1 Å². The maximum absolute atomic E-state index is 10.0. The normalized spacial score (nSPS) is 36.1. The zero-order chi connectivity index (χ0) is 5.98. The van der Waals surface area contributed by atoms with Crippen LogP contribution in [0, 0.1) is 11.8 Å². The summed E-state index contributed by atoms with van der Waals surface area (Å²) in [6.07, 6.45) is 4.65. The van der Waals surface area contributed by atoms with Crippen LogP contribution in [0.25, 0.3) is 0 Å². The lowest BCUT2D eigenvalue weighted by molar-refractivity contribution is -0.114. The molecule has 0 N–H and O–H groups in total. The van der Waals surface area contributed by atoms with Crippen LogP contribution in [0.4, 0.5) is 0 Å². The Morgan fingerprint density at radius 1 is 1.62 bits per heavy atom. The van der Waals surface area contributed by atoms with Gasteiger partial charge in [-0.15, -0.1) is 0 Å². The molecule has 0 unspecified atom stereocenters. The second-order valence-electron chi connectivity index (χ2n) is 2.64. The summed E-state index contributed by atoms with van der Waals surface area (Å²) < 4.78 is 0. The van der Waals surface area contributed by atoms with E-state index < -0.39 is 0 Å². The standard InChI is InChI=1S/C7H12O/c1-2-6-3-7(4-6)5-8/h5-7H,2-4H2,1H3. The Morgan fingerprint density at radius 3 is 2.62 bits per heavy atom. The molecular formula is C7H12O. The van der Waals surface area contributed by atoms with Crippen LogP contribution in [0.2, 0.25) is 0 Å². The molecule has 1 aliphatic rings. The Bertz CT molecular complexity index is 82.4. The third kappa shape index (κ3) is 0.908. The molecule has 0 bridgehead atoms. The number of aldehydes is 1. The monoisotopic (exact) mass is 112 g/mol. The van der Waals surface area contributed by atoms with E-state index in [1.165, 1.54) is 6.42 Å². The van der Waals surface area contributed by atoms with Crippen LogP contribution in [0.5, 0.6) is 0 Å². The molecule has 0 heterocycles. The molecule has 1 nitrogen and oxygen atoms in total. The number of carbonyl (C=O) groups is 1. The van der Waals surface area contributed by atoms with Gasteiger partial charge in [0.25, 0.3) is 0 Å². The lowest BCUT2D eigenvalue weighted by atomic mass is 9.74. The van der Waals surface area contributed by atoms with E-state index in [9.17, 15) is 4.79 Å². The van der Waals surface area contributed by atoms with Crippen LogP contribution in [-0.2, 0) is 4.79 Å². The summed E-state index contributed by atoms with van der Waals surface area (Å²) >= 11 is 0. The van der Waals surface area contributed by atoms with Crippen LogP contribution in [-0.4, -0.2) is 6.29 Å². The molecule has 0 aromatic carbocycles. The number of hydrogen-bond donors (Lipinski definition) is 0. The van der Waals surface area contributed by atoms with Gasteiger partial charge in [-0.1, -0.05) is 13.3 Å². The summed E-state index contributed by atoms with van der Waals surface area (Å²) in [7, 11) is 0. The van der Waals surface area contributed by atoms with E-state index in [4.69, 9.17) is 0 Å². The minimum atomic E-state index is 0.417. The molecule has 0 atom stereocenters. The Labute approximate surface area is 50.1 Å². The van der Waals surface area contributed by atoms with Crippen molar-refractivity contribution >= 4 is 6.29 Å². The fourth-order valence-corrected chi connectivity index (χ4v) is 1.23. The molecule has 1 saturated carbocycles. The second kappa shape index (κ2) is 2.29. The summed E-state index contributed by atoms with van der Waals surface area (Å²) in [5.41, 5.74) is 0. The SMILES string of the molecule is CCC1CC(C=O)C1. The van der Waals surface area contributed by atoms with Crippen molar-refractivity contribution in [3.63, 3.8) is 0 Å². The average molecular weight is 112 g/mol. The Balaban J connectivity index is 2.11. The molecular weight excluding hydrogens is 100 g/mol. The molecule has 0 radical (unpaired) electrons. The Kier molecular flexibility index (Phi) is 1.66. The first-order chi connectivity index (χ1) is 3.86. The van der Waals surface area contributed by atoms with Crippen molar-refractivity contribution < 1.29 is 4.79 Å². The Hall–Kier alpha value is -0.330. The van der Waals surface area contributed by atoms with Crippen LogP contribution in [0.15, 0.2) is 0 Å². The molecule has 1 heteroatoms. The van der Waals surface area contributed by atoms with Gasteiger partial charge in [-0.25, -0.2) is 0 Å². The highest BCUT2D eigenvalue weighted by Crippen LogP contribution is 2.33. The smallest absolute Gasteiger partial charge is 0.123 e. The summed E-state index contributed by atoms with van der Waals surface area (Å²) in [6.45, 7) is 2.19. The van der Waals surface area contributed by atoms with E-state index in [1.54, 1.807) is 0 Å². The summed E-state index contributed by atoms with van der Waals surface area (Å²) in [5.74, 6) is 1.28. The maximum atomic E-state index is 10.0. The van der Waals surface area contributed by atoms with Crippen molar-refractivity contribution in [3.8, 4) is 0 Å². The molecule has 8 heavy (non-hydrogen) atoms. The van der Waals surface area contributed by atoms with E-state index >= 15 is 0 Å². The van der Waals surface area contributed by atoms with Gasteiger partial charge in [0, 0.05) is 5.92 Å². The highest BCUT2D eigenvalue weighted by atomic mass is 16.1. The largest absolute Gasteiger partial charge is 0.303 e. The highest BCUT2D eigenvalue weighted by molar-refractivity contribution is 5.54. The van der Waals surface area contributed by atoms with Gasteiger partial charge in [-0.3, -0.25) is 0 Å². The van der Waals surface area contributed by atoms with Gasteiger partial charge < -0.3 is 4.79 Å². The molecule has 1 aliphatic carbocycles. The number of carbonyl (C=O) groups excluding carboxylic acids is 1. The van der Waals surface area contributed by atoms with Gasteiger partial charge in [0.05, 0.1) is 0 Å². The second-order valence-corrected chi connectivity index (χ2v) is 2.64.